The Balaban J connectivity index is -0.0000000449. The van der Waals surface area contributed by atoms with Crippen molar-refractivity contribution in [3.05, 3.63) is 0 Å². The molecule has 0 aliphatic heterocycles. The fraction of sp³-hybridized carbons (Fsp3) is 0.774. The largest absolute Gasteiger partial charge is 0.507 e. The maximum Gasteiger partial charge on any atom is 0.507 e. The predicted octanol–water partition coefficient (Wildman–Crippen LogP) is 6.03. The van der Waals surface area contributed by atoms with E-state index in [1.807, 2.05) is 6.92 Å². The summed E-state index contributed by atoms with van der Waals surface area (Å²) >= 11 is 2.30. The molecule has 0 aliphatic carbocycles. The van der Waals surface area contributed by atoms with E-state index >= 15 is 0 Å². The van der Waals surface area contributed by atoms with E-state index in [2.05, 4.69) is 61.8 Å². The van der Waals surface area contributed by atoms with Gasteiger partial charge in [-0.3, -0.25) is 9.59 Å². The Morgan fingerprint density at radius 1 is 0.580 bits per heavy atom. The Labute approximate surface area is 310 Å². The monoisotopic (exact) mass is 775 g/mol. The van der Waals surface area contributed by atoms with Crippen molar-refractivity contribution in [3.63, 3.8) is 0 Å². The van der Waals surface area contributed by atoms with Gasteiger partial charge in [0.15, 0.2) is 5.12 Å². The lowest BCUT2D eigenvalue weighted by atomic mass is 10.4. The lowest BCUT2D eigenvalue weighted by Gasteiger charge is -2.08. The Morgan fingerprint density at radius 2 is 0.840 bits per heavy atom. The van der Waals surface area contributed by atoms with Gasteiger partial charge in [0.2, 0.25) is 0 Å². The van der Waals surface area contributed by atoms with Crippen molar-refractivity contribution in [3.8, 4) is 0 Å². The molecule has 19 heteroatoms. The number of nitrogens with one attached hydrogen (secondary N) is 1. The maximum absolute atomic E-state index is 9.92. The molecule has 1 N–H and O–H groups in total. The zero-order chi connectivity index (χ0) is 42.5. The molecule has 0 aromatic carbocycles. The van der Waals surface area contributed by atoms with Crippen molar-refractivity contribution < 1.29 is 76.2 Å². The van der Waals surface area contributed by atoms with Crippen molar-refractivity contribution in [1.82, 2.24) is 5.32 Å². The summed E-state index contributed by atoms with van der Waals surface area (Å²) in [5.41, 5.74) is 0. The number of hydrogen-bond donors (Lipinski definition) is 1. The average Bonchev–Trinajstić information content (AvgIpc) is 3.09. The Morgan fingerprint density at radius 3 is 0.840 bits per heavy atom. The van der Waals surface area contributed by atoms with Crippen LogP contribution in [0.5, 0.6) is 0 Å². The minimum Gasteiger partial charge on any atom is -0.469 e. The van der Waals surface area contributed by atoms with Crippen LogP contribution >= 0.6 is 23.5 Å². The topological polar surface area (TPSA) is 215 Å². The zero-order valence-electron chi connectivity index (χ0n) is 34.3. The molecule has 0 saturated heterocycles. The number of methoxy groups -OCH3 is 9. The van der Waals surface area contributed by atoms with E-state index in [0.29, 0.717) is 6.42 Å². The molecule has 0 aromatic rings. The average molecular weight is 776 g/mol. The van der Waals surface area contributed by atoms with E-state index in [1.165, 1.54) is 103 Å². The quantitative estimate of drug-likeness (QED) is 0.196. The van der Waals surface area contributed by atoms with Crippen molar-refractivity contribution in [2.45, 2.75) is 74.7 Å². The van der Waals surface area contributed by atoms with E-state index in [9.17, 15) is 33.6 Å². The molecule has 0 fully saturated rings. The van der Waals surface area contributed by atoms with Gasteiger partial charge in [-0.1, -0.05) is 39.0 Å². The van der Waals surface area contributed by atoms with Gasteiger partial charge >= 0.3 is 23.5 Å². The molecule has 306 valence electrons. The second-order valence-corrected chi connectivity index (χ2v) is 9.25. The van der Waals surface area contributed by atoms with Gasteiger partial charge in [-0.05, 0) is 45.0 Å². The van der Waals surface area contributed by atoms with Gasteiger partial charge in [-0.15, -0.1) is 0 Å². The number of Topliss-reactive ketones (excluding diaryl/α,β-unsaturated/α-hetero) is 2. The number of ketones is 2. The first kappa shape index (κ1) is 72.7. The van der Waals surface area contributed by atoms with Crippen LogP contribution in [0, 0.1) is 0 Å². The van der Waals surface area contributed by atoms with Gasteiger partial charge in [0.25, 0.3) is 6.48 Å². The van der Waals surface area contributed by atoms with Crippen molar-refractivity contribution in [2.24, 2.45) is 0 Å². The molecule has 0 saturated carbocycles. The van der Waals surface area contributed by atoms with Gasteiger partial charge < -0.3 is 57.5 Å². The lowest BCUT2D eigenvalue weighted by Crippen LogP contribution is -2.16. The molecule has 1 amide bonds. The number of amides is 1. The van der Waals surface area contributed by atoms with E-state index in [-0.39, 0.29) is 28.0 Å². The van der Waals surface area contributed by atoms with Crippen LogP contribution in [0.15, 0.2) is 0 Å². The molecule has 0 atom stereocenters. The molecule has 0 spiro atoms. The molecule has 17 nitrogen and oxygen atoms in total. The van der Waals surface area contributed by atoms with Crippen LogP contribution in [0.1, 0.15) is 68.2 Å². The summed E-state index contributed by atoms with van der Waals surface area (Å²) in [6.45, 7) is 13.1. The van der Waals surface area contributed by atoms with Gasteiger partial charge in [0.1, 0.15) is 11.6 Å². The third-order valence-electron chi connectivity index (χ3n) is 2.71. The van der Waals surface area contributed by atoms with Gasteiger partial charge in [0.05, 0.1) is 35.5 Å². The highest BCUT2D eigenvalue weighted by molar-refractivity contribution is 8.13. The van der Waals surface area contributed by atoms with Crippen LogP contribution in [-0.4, -0.2) is 137 Å². The highest BCUT2D eigenvalue weighted by Gasteiger charge is 1.97. The molecule has 50 heavy (non-hydrogen) atoms. The molecule has 0 aromatic heterocycles. The minimum atomic E-state index is -0.657. The molecular formula is C31H69NO16S2. The van der Waals surface area contributed by atoms with Crippen LogP contribution in [-0.2, 0) is 61.8 Å². The van der Waals surface area contributed by atoms with Crippen LogP contribution in [0.4, 0.5) is 14.4 Å². The van der Waals surface area contributed by atoms with E-state index in [0.717, 1.165) is 11.8 Å². The number of ether oxygens (including phenoxy) is 9. The third-order valence-corrected chi connectivity index (χ3v) is 3.78. The Kier molecular flexibility index (Phi) is 111. The second kappa shape index (κ2) is 76.1. The van der Waals surface area contributed by atoms with Gasteiger partial charge in [-0.25, -0.2) is 14.4 Å². The number of thioether (sulfide) groups is 2. The van der Waals surface area contributed by atoms with E-state index in [4.69, 9.17) is 0 Å². The molecule has 0 radical (unpaired) electrons. The minimum absolute atomic E-state index is 0.167. The first-order chi connectivity index (χ1) is 23.1. The normalized spacial score (nSPS) is 7.48. The zero-order valence-corrected chi connectivity index (χ0v) is 36.0. The summed E-state index contributed by atoms with van der Waals surface area (Å²) in [4.78, 5) is 68.1. The number of rotatable bonds is 4. The summed E-state index contributed by atoms with van der Waals surface area (Å²) in [5, 5.41) is 2.18. The summed E-state index contributed by atoms with van der Waals surface area (Å²) in [6.07, 6.45) is 4.29. The summed E-state index contributed by atoms with van der Waals surface area (Å²) in [5.74, 6) is 0.176. The van der Waals surface area contributed by atoms with Crippen LogP contribution < -0.4 is 5.32 Å². The standard InChI is InChI=1S/C4H10O3.C4H8O.C3H7NO2.C3H6O3.C3H6O2S.C3H6O2.C3H6OS.C3H6O.C3H8.C2H6O/c1-5-4(6-2)7-3;1-3-4(2)5;1-4-3(5)6-2;2*1-5-3(4)6-2;2*1-3(4)5-2;1-3(2)4;2*1-3-2/h4H,1-3H3;3H2,1-2H3;1-2H3,(H,4,5);2*1-2H3;2*1-2H3;1-2H3;3H2,1-2H3;1-2H3. The fourth-order valence-electron chi connectivity index (χ4n) is 0.557. The van der Waals surface area contributed by atoms with Crippen LogP contribution in [0.2, 0.25) is 0 Å². The van der Waals surface area contributed by atoms with E-state index < -0.39 is 18.7 Å². The van der Waals surface area contributed by atoms with Crippen LogP contribution in [0.25, 0.3) is 0 Å². The number of hydrogen-bond acceptors (Lipinski definition) is 18. The molecule has 0 heterocycles. The SMILES string of the molecule is CC(C)=O.CCC.CCC(C)=O.CNC(=O)OC.COC.COC(=O)OC.COC(=O)SC.COC(C)=O.COC(OC)OC.CSC(C)=O. The number of alkyl carbamates (subject to hydrolysis) is 1. The van der Waals surface area contributed by atoms with Crippen LogP contribution in [0.3, 0.4) is 0 Å². The Bertz CT molecular complexity index is 624. The predicted molar refractivity (Wildman–Crippen MR) is 200 cm³/mol. The first-order valence-corrected chi connectivity index (χ1v) is 16.6. The second-order valence-electron chi connectivity index (χ2n) is 7.52. The van der Waals surface area contributed by atoms with Gasteiger partial charge in [-0.2, -0.15) is 0 Å². The highest BCUT2D eigenvalue weighted by Crippen LogP contribution is 1.94. The first-order valence-electron chi connectivity index (χ1n) is 14.2. The smallest absolute Gasteiger partial charge is 0.469 e. The summed E-state index contributed by atoms with van der Waals surface area (Å²) in [7, 11) is 15.8. The number of esters is 1. The van der Waals surface area contributed by atoms with Crippen molar-refractivity contribution >= 4 is 63.7 Å². The number of carbonyl (C=O) groups is 7. The third kappa shape index (κ3) is 197. The molecule has 0 bridgehead atoms. The molecule has 0 aliphatic rings. The van der Waals surface area contributed by atoms with Gasteiger partial charge in [0, 0.05) is 62.9 Å². The number of carbonyl (C=O) groups excluding carboxylic acids is 7. The lowest BCUT2D eigenvalue weighted by molar-refractivity contribution is -0.252. The highest BCUT2D eigenvalue weighted by atomic mass is 32.2. The Hall–Kier alpha value is -2.97. The van der Waals surface area contributed by atoms with Crippen molar-refractivity contribution in [2.75, 3.05) is 90.7 Å². The summed E-state index contributed by atoms with van der Waals surface area (Å²) < 4.78 is 38.6. The summed E-state index contributed by atoms with van der Waals surface area (Å²) in [6, 6.07) is 0. The van der Waals surface area contributed by atoms with E-state index in [1.54, 1.807) is 40.6 Å². The fourth-order valence-corrected chi connectivity index (χ4v) is 0.724. The molecular weight excluding hydrogens is 706 g/mol. The molecule has 0 unspecified atom stereocenters. The molecule has 0 rings (SSSR count). The maximum atomic E-state index is 9.92. The van der Waals surface area contributed by atoms with Crippen molar-refractivity contribution in [1.29, 1.82) is 0 Å².